The van der Waals surface area contributed by atoms with Gasteiger partial charge in [-0.2, -0.15) is 0 Å². The molecule has 1 aromatic carbocycles. The second-order valence-corrected chi connectivity index (χ2v) is 3.49. The van der Waals surface area contributed by atoms with Crippen LogP contribution in [0.25, 0.3) is 0 Å². The molecular formula is C12H18N5+. The van der Waals surface area contributed by atoms with Crippen LogP contribution < -0.4 is 11.1 Å². The van der Waals surface area contributed by atoms with Gasteiger partial charge >= 0.3 is 0 Å². The molecule has 17 heavy (non-hydrogen) atoms. The molecule has 0 fully saturated rings. The van der Waals surface area contributed by atoms with Crippen LogP contribution in [0, 0.1) is 0 Å². The lowest BCUT2D eigenvalue weighted by Gasteiger charge is -2.10. The number of anilines is 1. The summed E-state index contributed by atoms with van der Waals surface area (Å²) in [7, 11) is 3.81. The fourth-order valence-electron chi connectivity index (χ4n) is 1.03. The molecule has 0 aromatic heterocycles. The summed E-state index contributed by atoms with van der Waals surface area (Å²) in [6.45, 7) is 3.82. The molecule has 0 unspecified atom stereocenters. The highest BCUT2D eigenvalue weighted by molar-refractivity contribution is 5.47. The molecule has 0 saturated carbocycles. The Bertz CT molecular complexity index is 419. The standard InChI is InChI=1S/C12H17N5/c1-10(17(3)9-8-14-2)15-16-12-6-4-11(13)5-7-12/h4-9,14H,1,13H2,2-3H3/p+1/b9-8-,16-15?. The SMILES string of the molecule is C=C(N=Nc1ccc(N)cc1)N(C)/C=C\[NH2+]C. The molecule has 1 aromatic rings. The summed E-state index contributed by atoms with van der Waals surface area (Å²) in [5, 5.41) is 10.0. The molecule has 0 atom stereocenters. The number of benzene rings is 1. The number of rotatable bonds is 5. The molecular weight excluding hydrogens is 214 g/mol. The van der Waals surface area contributed by atoms with E-state index in [1.807, 2.05) is 43.9 Å². The zero-order valence-corrected chi connectivity index (χ0v) is 10.2. The number of nitrogens with two attached hydrogens (primary N) is 2. The number of hydrogen-bond acceptors (Lipinski definition) is 4. The van der Waals surface area contributed by atoms with E-state index in [-0.39, 0.29) is 0 Å². The molecule has 0 radical (unpaired) electrons. The maximum Gasteiger partial charge on any atom is 0.147 e. The molecule has 1 rings (SSSR count). The molecule has 5 heteroatoms. The number of hydrogen-bond donors (Lipinski definition) is 2. The van der Waals surface area contributed by atoms with Gasteiger partial charge in [0.15, 0.2) is 0 Å². The molecule has 0 spiro atoms. The smallest absolute Gasteiger partial charge is 0.147 e. The Morgan fingerprint density at radius 3 is 2.65 bits per heavy atom. The molecule has 0 aliphatic carbocycles. The van der Waals surface area contributed by atoms with E-state index in [1.54, 1.807) is 17.0 Å². The molecule has 5 nitrogen and oxygen atoms in total. The molecule has 0 aliphatic heterocycles. The van der Waals surface area contributed by atoms with Gasteiger partial charge in [0, 0.05) is 12.7 Å². The van der Waals surface area contributed by atoms with Crippen molar-refractivity contribution in [2.24, 2.45) is 10.2 Å². The highest BCUT2D eigenvalue weighted by atomic mass is 15.3. The lowest BCUT2D eigenvalue weighted by Crippen LogP contribution is -2.72. The fourth-order valence-corrected chi connectivity index (χ4v) is 1.03. The van der Waals surface area contributed by atoms with Crippen LogP contribution in [0.1, 0.15) is 0 Å². The predicted octanol–water partition coefficient (Wildman–Crippen LogP) is 1.42. The average molecular weight is 232 g/mol. The van der Waals surface area contributed by atoms with Crippen molar-refractivity contribution in [3.63, 3.8) is 0 Å². The monoisotopic (exact) mass is 232 g/mol. The lowest BCUT2D eigenvalue weighted by molar-refractivity contribution is -0.557. The van der Waals surface area contributed by atoms with Gasteiger partial charge < -0.3 is 16.0 Å². The second-order valence-electron chi connectivity index (χ2n) is 3.49. The maximum absolute atomic E-state index is 5.58. The molecule has 0 saturated heterocycles. The van der Waals surface area contributed by atoms with E-state index in [0.717, 1.165) is 5.69 Å². The Balaban J connectivity index is 2.61. The van der Waals surface area contributed by atoms with Crippen molar-refractivity contribution in [2.75, 3.05) is 19.8 Å². The average Bonchev–Trinajstić information content (AvgIpc) is 2.34. The topological polar surface area (TPSA) is 70.6 Å². The minimum atomic E-state index is 0.569. The minimum Gasteiger partial charge on any atom is -0.399 e. The lowest BCUT2D eigenvalue weighted by atomic mass is 10.3. The number of azo groups is 1. The highest BCUT2D eigenvalue weighted by Gasteiger charge is 1.96. The first-order valence-corrected chi connectivity index (χ1v) is 5.28. The van der Waals surface area contributed by atoms with Crippen LogP contribution in [0.4, 0.5) is 11.4 Å². The van der Waals surface area contributed by atoms with Crippen LogP contribution in [0.5, 0.6) is 0 Å². The first-order chi connectivity index (χ1) is 8.13. The summed E-state index contributed by atoms with van der Waals surface area (Å²) in [6, 6.07) is 7.18. The fraction of sp³-hybridized carbons (Fsp3) is 0.167. The van der Waals surface area contributed by atoms with E-state index < -0.39 is 0 Å². The molecule has 0 bridgehead atoms. The van der Waals surface area contributed by atoms with Crippen LogP contribution in [0.15, 0.2) is 59.3 Å². The van der Waals surface area contributed by atoms with Crippen LogP contribution in [0.3, 0.4) is 0 Å². The summed E-state index contributed by atoms with van der Waals surface area (Å²) in [5.74, 6) is 0.569. The van der Waals surface area contributed by atoms with E-state index in [0.29, 0.717) is 11.5 Å². The second kappa shape index (κ2) is 6.44. The first kappa shape index (κ1) is 12.9. The molecule has 4 N–H and O–H groups in total. The number of nitrogens with zero attached hydrogens (tertiary/aromatic N) is 3. The van der Waals surface area contributed by atoms with Crippen LogP contribution in [-0.2, 0) is 0 Å². The van der Waals surface area contributed by atoms with E-state index in [9.17, 15) is 0 Å². The van der Waals surface area contributed by atoms with Gasteiger partial charge in [0.2, 0.25) is 0 Å². The van der Waals surface area contributed by atoms with E-state index in [2.05, 4.69) is 16.8 Å². The van der Waals surface area contributed by atoms with E-state index >= 15 is 0 Å². The van der Waals surface area contributed by atoms with Crippen molar-refractivity contribution in [1.82, 2.24) is 4.90 Å². The maximum atomic E-state index is 5.58. The number of nitrogen functional groups attached to an aromatic ring is 1. The summed E-state index contributed by atoms with van der Waals surface area (Å²) < 4.78 is 0. The molecule has 90 valence electrons. The Kier molecular flexibility index (Phi) is 4.90. The third kappa shape index (κ3) is 4.48. The zero-order valence-electron chi connectivity index (χ0n) is 10.2. The van der Waals surface area contributed by atoms with E-state index in [1.165, 1.54) is 0 Å². The van der Waals surface area contributed by atoms with Gasteiger partial charge in [-0.15, -0.1) is 10.2 Å². The van der Waals surface area contributed by atoms with Gasteiger partial charge in [0.1, 0.15) is 12.0 Å². The van der Waals surface area contributed by atoms with Crippen molar-refractivity contribution in [3.8, 4) is 0 Å². The van der Waals surface area contributed by atoms with Gasteiger partial charge in [0.25, 0.3) is 0 Å². The molecule has 0 heterocycles. The van der Waals surface area contributed by atoms with Crippen molar-refractivity contribution >= 4 is 11.4 Å². The third-order valence-corrected chi connectivity index (χ3v) is 2.08. The summed E-state index contributed by atoms with van der Waals surface area (Å²) in [5.41, 5.74) is 7.03. The Morgan fingerprint density at radius 1 is 1.41 bits per heavy atom. The third-order valence-electron chi connectivity index (χ3n) is 2.08. The van der Waals surface area contributed by atoms with Crippen molar-refractivity contribution < 1.29 is 5.32 Å². The molecule has 0 amide bonds. The summed E-state index contributed by atoms with van der Waals surface area (Å²) in [6.07, 6.45) is 3.77. The first-order valence-electron chi connectivity index (χ1n) is 5.28. The quantitative estimate of drug-likeness (QED) is 0.595. The highest BCUT2D eigenvalue weighted by Crippen LogP contribution is 2.15. The van der Waals surface area contributed by atoms with Crippen LogP contribution >= 0.6 is 0 Å². The van der Waals surface area contributed by atoms with Gasteiger partial charge in [0.05, 0.1) is 18.9 Å². The zero-order chi connectivity index (χ0) is 12.7. The summed E-state index contributed by atoms with van der Waals surface area (Å²) in [4.78, 5) is 1.79. The van der Waals surface area contributed by atoms with Gasteiger partial charge in [-0.3, -0.25) is 0 Å². The predicted molar refractivity (Wildman–Crippen MR) is 69.3 cm³/mol. The van der Waals surface area contributed by atoms with Crippen molar-refractivity contribution in [2.45, 2.75) is 0 Å². The van der Waals surface area contributed by atoms with E-state index in [4.69, 9.17) is 5.73 Å². The van der Waals surface area contributed by atoms with Crippen molar-refractivity contribution in [3.05, 3.63) is 49.1 Å². The van der Waals surface area contributed by atoms with Crippen LogP contribution in [0.2, 0.25) is 0 Å². The van der Waals surface area contributed by atoms with Gasteiger partial charge in [-0.05, 0) is 24.3 Å². The minimum absolute atomic E-state index is 0.569. The summed E-state index contributed by atoms with van der Waals surface area (Å²) >= 11 is 0. The Morgan fingerprint density at radius 2 is 2.06 bits per heavy atom. The van der Waals surface area contributed by atoms with Gasteiger partial charge in [-0.1, -0.05) is 6.58 Å². The van der Waals surface area contributed by atoms with Gasteiger partial charge in [-0.25, -0.2) is 0 Å². The molecule has 0 aliphatic rings. The number of quaternary nitrogens is 1. The van der Waals surface area contributed by atoms with Crippen LogP contribution in [-0.4, -0.2) is 19.0 Å². The van der Waals surface area contributed by atoms with Crippen molar-refractivity contribution in [1.29, 1.82) is 0 Å². The largest absolute Gasteiger partial charge is 0.399 e. The normalized spacial score (nSPS) is 11.2. The Hall–Kier alpha value is -2.14. The Labute approximate surface area is 101 Å².